The van der Waals surface area contributed by atoms with Gasteiger partial charge in [-0.25, -0.2) is 4.79 Å². The van der Waals surface area contributed by atoms with Gasteiger partial charge in [0.2, 0.25) is 0 Å². The molecule has 0 fully saturated rings. The Morgan fingerprint density at radius 1 is 0.929 bits per heavy atom. The number of nitrogens with one attached hydrogen (secondary N) is 1. The first kappa shape index (κ1) is 21.6. The predicted octanol–water partition coefficient (Wildman–Crippen LogP) is 2.87. The first-order valence-electron chi connectivity index (χ1n) is 9.56. The number of aliphatic hydroxyl groups is 1. The van der Waals surface area contributed by atoms with Crippen LogP contribution in [0.4, 0.5) is 4.79 Å². The molecule has 6 heteroatoms. The van der Waals surface area contributed by atoms with Crippen LogP contribution in [0.3, 0.4) is 0 Å². The van der Waals surface area contributed by atoms with Gasteiger partial charge in [0.15, 0.2) is 5.78 Å². The zero-order valence-corrected chi connectivity index (χ0v) is 16.0. The number of rotatable bonds is 12. The van der Waals surface area contributed by atoms with Crippen molar-refractivity contribution in [2.45, 2.75) is 19.4 Å². The predicted molar refractivity (Wildman–Crippen MR) is 108 cm³/mol. The Kier molecular flexibility index (Phi) is 9.75. The number of aliphatic hydroxyl groups excluding tert-OH is 1. The molecule has 0 aliphatic heterocycles. The molecule has 0 spiro atoms. The van der Waals surface area contributed by atoms with E-state index in [9.17, 15) is 9.59 Å². The van der Waals surface area contributed by atoms with E-state index in [0.717, 1.165) is 5.56 Å². The number of ketones is 1. The highest BCUT2D eigenvalue weighted by molar-refractivity contribution is 5.97. The van der Waals surface area contributed by atoms with E-state index in [1.807, 2.05) is 48.5 Å². The maximum Gasteiger partial charge on any atom is 0.410 e. The van der Waals surface area contributed by atoms with Gasteiger partial charge < -0.3 is 20.1 Å². The fraction of sp³-hybridized carbons (Fsp3) is 0.364. The van der Waals surface area contributed by atoms with Crippen LogP contribution in [-0.4, -0.2) is 54.7 Å². The molecule has 0 heterocycles. The molecule has 0 aromatic heterocycles. The van der Waals surface area contributed by atoms with Crippen LogP contribution in [0.25, 0.3) is 0 Å². The Balaban J connectivity index is 1.70. The molecule has 0 aliphatic carbocycles. The second-order valence-electron chi connectivity index (χ2n) is 6.42. The lowest BCUT2D eigenvalue weighted by Gasteiger charge is -2.22. The fourth-order valence-corrected chi connectivity index (χ4v) is 2.69. The van der Waals surface area contributed by atoms with Crippen LogP contribution in [-0.2, 0) is 11.3 Å². The second-order valence-corrected chi connectivity index (χ2v) is 6.42. The first-order valence-corrected chi connectivity index (χ1v) is 9.56. The van der Waals surface area contributed by atoms with Gasteiger partial charge >= 0.3 is 6.09 Å². The largest absolute Gasteiger partial charge is 0.445 e. The summed E-state index contributed by atoms with van der Waals surface area (Å²) in [6.07, 6.45) is 0.798. The van der Waals surface area contributed by atoms with Crippen molar-refractivity contribution >= 4 is 11.9 Å². The molecule has 2 aromatic carbocycles. The summed E-state index contributed by atoms with van der Waals surface area (Å²) < 4.78 is 5.37. The van der Waals surface area contributed by atoms with E-state index in [4.69, 9.17) is 9.84 Å². The summed E-state index contributed by atoms with van der Waals surface area (Å²) in [5, 5.41) is 12.2. The number of benzene rings is 2. The lowest BCUT2D eigenvalue weighted by Crippen LogP contribution is -2.35. The fourth-order valence-electron chi connectivity index (χ4n) is 2.69. The van der Waals surface area contributed by atoms with Gasteiger partial charge in [0.25, 0.3) is 0 Å². The molecule has 0 bridgehead atoms. The van der Waals surface area contributed by atoms with Crippen LogP contribution in [0.5, 0.6) is 0 Å². The lowest BCUT2D eigenvalue weighted by molar-refractivity contribution is 0.0924. The molecule has 0 saturated carbocycles. The van der Waals surface area contributed by atoms with Crippen molar-refractivity contribution in [3.05, 3.63) is 71.8 Å². The van der Waals surface area contributed by atoms with Crippen molar-refractivity contribution < 1.29 is 19.4 Å². The number of carbonyl (C=O) groups excluding carboxylic acids is 2. The summed E-state index contributed by atoms with van der Waals surface area (Å²) in [7, 11) is 0. The Morgan fingerprint density at radius 3 is 2.25 bits per heavy atom. The standard InChI is InChI=1S/C22H28N2O4/c25-16-8-15-24(22(27)28-18-19-9-3-1-4-10-19)14-7-13-23-17-21(26)20-11-5-2-6-12-20/h1-6,9-12,23,25H,7-8,13-18H2. The summed E-state index contributed by atoms with van der Waals surface area (Å²) >= 11 is 0. The van der Waals surface area contributed by atoms with Gasteiger partial charge in [-0.2, -0.15) is 0 Å². The normalized spacial score (nSPS) is 10.5. The van der Waals surface area contributed by atoms with Crippen LogP contribution in [0.15, 0.2) is 60.7 Å². The van der Waals surface area contributed by atoms with Gasteiger partial charge in [-0.3, -0.25) is 4.79 Å². The molecule has 1 amide bonds. The summed E-state index contributed by atoms with van der Waals surface area (Å²) in [6.45, 7) is 2.05. The quantitative estimate of drug-likeness (QED) is 0.435. The van der Waals surface area contributed by atoms with Gasteiger partial charge in [0, 0.05) is 25.3 Å². The molecular weight excluding hydrogens is 356 g/mol. The van der Waals surface area contributed by atoms with Gasteiger partial charge in [-0.05, 0) is 24.9 Å². The second kappa shape index (κ2) is 12.6. The van der Waals surface area contributed by atoms with E-state index in [2.05, 4.69) is 5.32 Å². The van der Waals surface area contributed by atoms with Crippen LogP contribution < -0.4 is 5.32 Å². The third-order valence-corrected chi connectivity index (χ3v) is 4.21. The van der Waals surface area contributed by atoms with Gasteiger partial charge in [-0.15, -0.1) is 0 Å². The van der Waals surface area contributed by atoms with Gasteiger partial charge in [-0.1, -0.05) is 60.7 Å². The molecule has 2 rings (SSSR count). The summed E-state index contributed by atoms with van der Waals surface area (Å²) in [6, 6.07) is 18.7. The third kappa shape index (κ3) is 7.90. The van der Waals surface area contributed by atoms with E-state index in [-0.39, 0.29) is 25.5 Å². The molecule has 2 aromatic rings. The minimum absolute atomic E-state index is 0.0201. The molecule has 0 atom stereocenters. The SMILES string of the molecule is O=C(CNCCCN(CCCO)C(=O)OCc1ccccc1)c1ccccc1. The van der Waals surface area contributed by atoms with Crippen molar-refractivity contribution in [3.63, 3.8) is 0 Å². The van der Waals surface area contributed by atoms with Crippen LogP contribution in [0, 0.1) is 0 Å². The number of hydrogen-bond donors (Lipinski definition) is 2. The highest BCUT2D eigenvalue weighted by atomic mass is 16.6. The van der Waals surface area contributed by atoms with Crippen molar-refractivity contribution in [1.29, 1.82) is 0 Å². The van der Waals surface area contributed by atoms with E-state index >= 15 is 0 Å². The van der Waals surface area contributed by atoms with E-state index in [0.29, 0.717) is 38.0 Å². The average Bonchev–Trinajstić information content (AvgIpc) is 2.75. The number of ether oxygens (including phenoxy) is 1. The van der Waals surface area contributed by atoms with Gasteiger partial charge in [0.05, 0.1) is 6.54 Å². The van der Waals surface area contributed by atoms with Crippen molar-refractivity contribution in [3.8, 4) is 0 Å². The van der Waals surface area contributed by atoms with Crippen molar-refractivity contribution in [2.75, 3.05) is 32.8 Å². The smallest absolute Gasteiger partial charge is 0.410 e. The van der Waals surface area contributed by atoms with E-state index < -0.39 is 6.09 Å². The highest BCUT2D eigenvalue weighted by Crippen LogP contribution is 2.05. The molecule has 28 heavy (non-hydrogen) atoms. The molecule has 2 N–H and O–H groups in total. The van der Waals surface area contributed by atoms with Gasteiger partial charge in [0.1, 0.15) is 6.61 Å². The third-order valence-electron chi connectivity index (χ3n) is 4.21. The van der Waals surface area contributed by atoms with E-state index in [1.165, 1.54) is 0 Å². The number of nitrogens with zero attached hydrogens (tertiary/aromatic N) is 1. The number of amides is 1. The minimum atomic E-state index is -0.391. The zero-order valence-electron chi connectivity index (χ0n) is 16.0. The van der Waals surface area contributed by atoms with Crippen LogP contribution in [0.1, 0.15) is 28.8 Å². The number of Topliss-reactive ketones (excluding diaryl/α,β-unsaturated/α-hetero) is 1. The molecule has 6 nitrogen and oxygen atoms in total. The monoisotopic (exact) mass is 384 g/mol. The van der Waals surface area contributed by atoms with Crippen LogP contribution in [0.2, 0.25) is 0 Å². The maximum atomic E-state index is 12.3. The topological polar surface area (TPSA) is 78.9 Å². The highest BCUT2D eigenvalue weighted by Gasteiger charge is 2.14. The summed E-state index contributed by atoms with van der Waals surface area (Å²) in [4.78, 5) is 26.0. The molecule has 150 valence electrons. The van der Waals surface area contributed by atoms with Crippen molar-refractivity contribution in [2.24, 2.45) is 0 Å². The number of carbonyl (C=O) groups is 2. The molecule has 0 aliphatic rings. The average molecular weight is 384 g/mol. The number of hydrogen-bond acceptors (Lipinski definition) is 5. The van der Waals surface area contributed by atoms with Crippen molar-refractivity contribution in [1.82, 2.24) is 10.2 Å². The minimum Gasteiger partial charge on any atom is -0.445 e. The Bertz CT molecular complexity index is 707. The molecule has 0 radical (unpaired) electrons. The Labute approximate surface area is 166 Å². The van der Waals surface area contributed by atoms with E-state index in [1.54, 1.807) is 17.0 Å². The molecule has 0 saturated heterocycles. The molecule has 0 unspecified atom stereocenters. The Morgan fingerprint density at radius 2 is 1.57 bits per heavy atom. The summed E-state index contributed by atoms with van der Waals surface area (Å²) in [5.74, 6) is 0.0417. The Hall–Kier alpha value is -2.70. The zero-order chi connectivity index (χ0) is 20.0. The summed E-state index contributed by atoms with van der Waals surface area (Å²) in [5.41, 5.74) is 1.61. The maximum absolute atomic E-state index is 12.3. The first-order chi connectivity index (χ1) is 13.7. The lowest BCUT2D eigenvalue weighted by atomic mass is 10.1. The van der Waals surface area contributed by atoms with Crippen LogP contribution >= 0.6 is 0 Å². The molecular formula is C22H28N2O4.